The van der Waals surface area contributed by atoms with Gasteiger partial charge in [-0.05, 0) is 53.6 Å². The minimum atomic E-state index is 0. The van der Waals surface area contributed by atoms with Gasteiger partial charge in [0.25, 0.3) is 0 Å². The molecule has 2 nitrogen and oxygen atoms in total. The van der Waals surface area contributed by atoms with Crippen molar-refractivity contribution in [1.29, 1.82) is 0 Å². The molecule has 0 bridgehead atoms. The van der Waals surface area contributed by atoms with Gasteiger partial charge < -0.3 is 5.32 Å². The van der Waals surface area contributed by atoms with E-state index in [2.05, 4.69) is 61.6 Å². The van der Waals surface area contributed by atoms with Crippen molar-refractivity contribution in [1.82, 2.24) is 0 Å². The molecule has 0 heterocycles. The number of hydrogen-bond donors (Lipinski definition) is 1. The van der Waals surface area contributed by atoms with Crippen molar-refractivity contribution in [2.75, 3.05) is 5.32 Å². The number of allylic oxidation sites excluding steroid dienone is 1. The van der Waals surface area contributed by atoms with Crippen LogP contribution >= 0.6 is 0 Å². The van der Waals surface area contributed by atoms with Crippen molar-refractivity contribution < 1.29 is 4.79 Å². The fraction of sp³-hybridized carbons (Fsp3) is 0.318. The number of carbonyl (C=O) groups excluding carboxylic acids is 1. The number of rotatable bonds is 5. The maximum atomic E-state index is 12.2. The Morgan fingerprint density at radius 3 is 2.46 bits per heavy atom. The van der Waals surface area contributed by atoms with Gasteiger partial charge >= 0.3 is 0 Å². The summed E-state index contributed by atoms with van der Waals surface area (Å²) >= 11 is 0. The molecular weight excluding hydrogens is 294 g/mol. The molecule has 1 N–H and O–H groups in total. The van der Waals surface area contributed by atoms with Gasteiger partial charge in [0.15, 0.2) is 0 Å². The lowest BCUT2D eigenvalue weighted by atomic mass is 9.97. The van der Waals surface area contributed by atoms with E-state index in [4.69, 9.17) is 0 Å². The van der Waals surface area contributed by atoms with Gasteiger partial charge in [0.1, 0.15) is 0 Å². The molecule has 3 rings (SSSR count). The number of amides is 1. The second-order valence-electron chi connectivity index (χ2n) is 6.06. The SMILES string of the molecule is C.CCC(CC)C(=O)Nc1ccc(-c2cccc3c2C=CC3)cc1. The molecule has 0 radical (unpaired) electrons. The summed E-state index contributed by atoms with van der Waals surface area (Å²) in [6, 6.07) is 14.6. The van der Waals surface area contributed by atoms with Crippen LogP contribution in [0.25, 0.3) is 17.2 Å². The minimum Gasteiger partial charge on any atom is -0.326 e. The van der Waals surface area contributed by atoms with E-state index in [9.17, 15) is 4.79 Å². The molecule has 0 aromatic heterocycles. The lowest BCUT2D eigenvalue weighted by Crippen LogP contribution is -2.21. The molecule has 1 amide bonds. The van der Waals surface area contributed by atoms with Gasteiger partial charge in [-0.25, -0.2) is 0 Å². The Labute approximate surface area is 145 Å². The second kappa shape index (κ2) is 7.96. The summed E-state index contributed by atoms with van der Waals surface area (Å²) in [6.07, 6.45) is 7.18. The summed E-state index contributed by atoms with van der Waals surface area (Å²) in [6.45, 7) is 4.11. The third-order valence-electron chi connectivity index (χ3n) is 4.64. The third kappa shape index (κ3) is 3.59. The average molecular weight is 321 g/mol. The van der Waals surface area contributed by atoms with Crippen molar-refractivity contribution in [2.45, 2.75) is 40.5 Å². The first-order valence-electron chi connectivity index (χ1n) is 8.42. The lowest BCUT2D eigenvalue weighted by Gasteiger charge is -2.13. The molecule has 2 aromatic rings. The van der Waals surface area contributed by atoms with Crippen LogP contribution in [-0.2, 0) is 11.2 Å². The summed E-state index contributed by atoms with van der Waals surface area (Å²) in [7, 11) is 0. The lowest BCUT2D eigenvalue weighted by molar-refractivity contribution is -0.120. The van der Waals surface area contributed by atoms with Gasteiger partial charge in [-0.2, -0.15) is 0 Å². The van der Waals surface area contributed by atoms with Gasteiger partial charge in [0, 0.05) is 11.6 Å². The van der Waals surface area contributed by atoms with Crippen LogP contribution in [-0.4, -0.2) is 5.91 Å². The number of anilines is 1. The van der Waals surface area contributed by atoms with Crippen molar-refractivity contribution in [2.24, 2.45) is 5.92 Å². The smallest absolute Gasteiger partial charge is 0.227 e. The Hall–Kier alpha value is -2.35. The zero-order valence-corrected chi connectivity index (χ0v) is 13.8. The second-order valence-corrected chi connectivity index (χ2v) is 6.06. The van der Waals surface area contributed by atoms with Crippen LogP contribution in [0.15, 0.2) is 48.5 Å². The molecule has 0 aliphatic heterocycles. The average Bonchev–Trinajstić information content (AvgIpc) is 3.05. The van der Waals surface area contributed by atoms with Crippen LogP contribution in [0, 0.1) is 5.92 Å². The van der Waals surface area contributed by atoms with E-state index in [-0.39, 0.29) is 19.3 Å². The molecule has 0 unspecified atom stereocenters. The van der Waals surface area contributed by atoms with Crippen molar-refractivity contribution in [3.8, 4) is 11.1 Å². The van der Waals surface area contributed by atoms with E-state index in [0.717, 1.165) is 24.9 Å². The van der Waals surface area contributed by atoms with Gasteiger partial charge in [-0.3, -0.25) is 4.79 Å². The molecule has 0 saturated carbocycles. The fourth-order valence-electron chi connectivity index (χ4n) is 3.18. The predicted molar refractivity (Wildman–Crippen MR) is 104 cm³/mol. The summed E-state index contributed by atoms with van der Waals surface area (Å²) in [5, 5.41) is 3.02. The molecule has 1 aliphatic carbocycles. The summed E-state index contributed by atoms with van der Waals surface area (Å²) in [5.74, 6) is 0.212. The fourth-order valence-corrected chi connectivity index (χ4v) is 3.18. The van der Waals surface area contributed by atoms with Crippen LogP contribution < -0.4 is 5.32 Å². The van der Waals surface area contributed by atoms with Gasteiger partial charge in [-0.1, -0.05) is 63.8 Å². The Balaban J connectivity index is 0.00000208. The van der Waals surface area contributed by atoms with Gasteiger partial charge in [0.2, 0.25) is 5.91 Å². The molecule has 2 heteroatoms. The number of nitrogens with one attached hydrogen (secondary N) is 1. The maximum Gasteiger partial charge on any atom is 0.227 e. The normalized spacial score (nSPS) is 12.0. The zero-order chi connectivity index (χ0) is 16.2. The Kier molecular flexibility index (Phi) is 5.97. The molecule has 0 saturated heterocycles. The number of benzene rings is 2. The highest BCUT2D eigenvalue weighted by Crippen LogP contribution is 2.31. The molecule has 0 fully saturated rings. The van der Waals surface area contributed by atoms with E-state index in [1.165, 1.54) is 22.3 Å². The number of hydrogen-bond acceptors (Lipinski definition) is 1. The topological polar surface area (TPSA) is 29.1 Å². The van der Waals surface area contributed by atoms with Crippen molar-refractivity contribution in [3.63, 3.8) is 0 Å². The molecule has 1 aliphatic rings. The predicted octanol–water partition coefficient (Wildman–Crippen LogP) is 5.93. The highest BCUT2D eigenvalue weighted by atomic mass is 16.1. The summed E-state index contributed by atoms with van der Waals surface area (Å²) in [5.41, 5.74) is 6.02. The van der Waals surface area contributed by atoms with E-state index < -0.39 is 0 Å². The van der Waals surface area contributed by atoms with Gasteiger partial charge in [0.05, 0.1) is 0 Å². The first kappa shape index (κ1) is 18.0. The molecule has 2 aromatic carbocycles. The summed E-state index contributed by atoms with van der Waals surface area (Å²) in [4.78, 5) is 12.2. The maximum absolute atomic E-state index is 12.2. The van der Waals surface area contributed by atoms with Gasteiger partial charge in [-0.15, -0.1) is 0 Å². The molecule has 0 atom stereocenters. The van der Waals surface area contributed by atoms with Crippen LogP contribution in [0.1, 0.15) is 45.2 Å². The highest BCUT2D eigenvalue weighted by molar-refractivity contribution is 5.93. The molecule has 126 valence electrons. The van der Waals surface area contributed by atoms with E-state index in [1.807, 2.05) is 12.1 Å². The first-order valence-corrected chi connectivity index (χ1v) is 8.42. The Bertz CT molecular complexity index is 724. The van der Waals surface area contributed by atoms with Crippen LogP contribution in [0.5, 0.6) is 0 Å². The Morgan fingerprint density at radius 2 is 1.79 bits per heavy atom. The zero-order valence-electron chi connectivity index (χ0n) is 13.8. The Morgan fingerprint density at radius 1 is 1.08 bits per heavy atom. The monoisotopic (exact) mass is 321 g/mol. The number of fused-ring (bicyclic) bond motifs is 1. The quantitative estimate of drug-likeness (QED) is 0.726. The van der Waals surface area contributed by atoms with Crippen molar-refractivity contribution >= 4 is 17.7 Å². The molecular formula is C22H27NO. The minimum absolute atomic E-state index is 0. The van der Waals surface area contributed by atoms with Crippen LogP contribution in [0.2, 0.25) is 0 Å². The van der Waals surface area contributed by atoms with E-state index in [0.29, 0.717) is 0 Å². The molecule has 0 spiro atoms. The number of carbonyl (C=O) groups is 1. The third-order valence-corrected chi connectivity index (χ3v) is 4.64. The van der Waals surface area contributed by atoms with Crippen LogP contribution in [0.3, 0.4) is 0 Å². The van der Waals surface area contributed by atoms with Crippen LogP contribution in [0.4, 0.5) is 5.69 Å². The van der Waals surface area contributed by atoms with Crippen molar-refractivity contribution in [3.05, 3.63) is 59.7 Å². The molecule has 24 heavy (non-hydrogen) atoms. The summed E-state index contributed by atoms with van der Waals surface area (Å²) < 4.78 is 0. The first-order chi connectivity index (χ1) is 11.2. The van der Waals surface area contributed by atoms with E-state index >= 15 is 0 Å². The standard InChI is InChI=1S/C21H23NO.CH4/c1-3-15(4-2)21(23)22-18-13-11-17(12-14-18)20-10-6-8-16-7-5-9-19(16)20;/h5-6,8-15H,3-4,7H2,1-2H3,(H,22,23);1H4. The van der Waals surface area contributed by atoms with E-state index in [1.54, 1.807) is 0 Å². The largest absolute Gasteiger partial charge is 0.326 e. The highest BCUT2D eigenvalue weighted by Gasteiger charge is 2.14.